The van der Waals surface area contributed by atoms with Crippen LogP contribution in [0.2, 0.25) is 0 Å². The summed E-state index contributed by atoms with van der Waals surface area (Å²) in [6.07, 6.45) is 1.00. The van der Waals surface area contributed by atoms with E-state index in [4.69, 9.17) is 5.73 Å². The lowest BCUT2D eigenvalue weighted by Crippen LogP contribution is -2.34. The molecule has 1 aliphatic heterocycles. The van der Waals surface area contributed by atoms with Gasteiger partial charge in [-0.1, -0.05) is 42.5 Å². The quantitative estimate of drug-likeness (QED) is 0.824. The maximum absolute atomic E-state index is 12.9. The molecule has 5 heteroatoms. The van der Waals surface area contributed by atoms with Gasteiger partial charge in [0.05, 0.1) is 0 Å². The zero-order valence-electron chi connectivity index (χ0n) is 16.2. The Hall–Kier alpha value is -1.88. The average molecular weight is 388 g/mol. The number of benzene rings is 2. The van der Waals surface area contributed by atoms with Gasteiger partial charge in [-0.15, -0.1) is 12.4 Å². The van der Waals surface area contributed by atoms with Crippen LogP contribution in [0.25, 0.3) is 0 Å². The molecular weight excluding hydrogens is 358 g/mol. The monoisotopic (exact) mass is 387 g/mol. The van der Waals surface area contributed by atoms with Crippen molar-refractivity contribution in [2.75, 3.05) is 20.1 Å². The molecule has 3 rings (SSSR count). The number of likely N-dealkylation sites (tertiary alicyclic amines) is 1. The van der Waals surface area contributed by atoms with Crippen molar-refractivity contribution >= 4 is 18.3 Å². The third-order valence-electron chi connectivity index (χ3n) is 5.18. The molecular formula is C22H30ClN3O. The average Bonchev–Trinajstić information content (AvgIpc) is 3.03. The van der Waals surface area contributed by atoms with E-state index in [0.29, 0.717) is 12.5 Å². The van der Waals surface area contributed by atoms with Crippen molar-refractivity contribution in [3.8, 4) is 0 Å². The number of carbonyl (C=O) groups excluding carboxylic acids is 1. The summed E-state index contributed by atoms with van der Waals surface area (Å²) in [6.45, 7) is 5.25. The fourth-order valence-corrected chi connectivity index (χ4v) is 3.83. The minimum absolute atomic E-state index is 0. The van der Waals surface area contributed by atoms with Crippen molar-refractivity contribution in [3.05, 3.63) is 71.3 Å². The number of rotatable bonds is 6. The number of hydrogen-bond donors (Lipinski definition) is 1. The highest BCUT2D eigenvalue weighted by atomic mass is 35.5. The molecule has 0 aliphatic carbocycles. The molecule has 0 aromatic heterocycles. The number of nitrogens with zero attached hydrogens (tertiary/aromatic N) is 2. The molecule has 2 atom stereocenters. The predicted octanol–water partition coefficient (Wildman–Crippen LogP) is 3.55. The second kappa shape index (κ2) is 9.88. The lowest BCUT2D eigenvalue weighted by atomic mass is 10.1. The topological polar surface area (TPSA) is 49.6 Å². The first-order valence-corrected chi connectivity index (χ1v) is 9.39. The molecule has 146 valence electrons. The Morgan fingerprint density at radius 1 is 1.11 bits per heavy atom. The van der Waals surface area contributed by atoms with Crippen LogP contribution in [0.4, 0.5) is 0 Å². The Bertz CT molecular complexity index is 737. The summed E-state index contributed by atoms with van der Waals surface area (Å²) in [6, 6.07) is 18.7. The summed E-state index contributed by atoms with van der Waals surface area (Å²) < 4.78 is 0. The Morgan fingerprint density at radius 2 is 1.78 bits per heavy atom. The number of halogens is 1. The first kappa shape index (κ1) is 21.4. The first-order chi connectivity index (χ1) is 12.6. The lowest BCUT2D eigenvalue weighted by molar-refractivity contribution is 0.0743. The smallest absolute Gasteiger partial charge is 0.254 e. The molecule has 1 aliphatic rings. The van der Waals surface area contributed by atoms with Crippen molar-refractivity contribution < 1.29 is 4.79 Å². The van der Waals surface area contributed by atoms with Crippen molar-refractivity contribution in [2.24, 2.45) is 11.7 Å². The maximum Gasteiger partial charge on any atom is 0.254 e. The first-order valence-electron chi connectivity index (χ1n) is 9.39. The van der Waals surface area contributed by atoms with E-state index in [9.17, 15) is 4.79 Å². The van der Waals surface area contributed by atoms with Gasteiger partial charge in [-0.25, -0.2) is 0 Å². The number of amides is 1. The zero-order chi connectivity index (χ0) is 18.5. The Morgan fingerprint density at radius 3 is 2.44 bits per heavy atom. The molecule has 2 aromatic rings. The van der Waals surface area contributed by atoms with Gasteiger partial charge < -0.3 is 10.6 Å². The van der Waals surface area contributed by atoms with E-state index in [0.717, 1.165) is 37.2 Å². The van der Waals surface area contributed by atoms with Gasteiger partial charge in [0.1, 0.15) is 0 Å². The molecule has 0 saturated carbocycles. The SMILES string of the molecule is CC1CC(CN)CN1C(=O)c1cccc(CN(C)Cc2ccccc2)c1.Cl. The fraction of sp³-hybridized carbons (Fsp3) is 0.409. The molecule has 1 heterocycles. The van der Waals surface area contributed by atoms with Crippen molar-refractivity contribution in [1.29, 1.82) is 0 Å². The summed E-state index contributed by atoms with van der Waals surface area (Å²) in [7, 11) is 2.11. The van der Waals surface area contributed by atoms with Crippen LogP contribution in [0.3, 0.4) is 0 Å². The Labute approximate surface area is 168 Å². The lowest BCUT2D eigenvalue weighted by Gasteiger charge is -2.22. The van der Waals surface area contributed by atoms with Gasteiger partial charge in [0.2, 0.25) is 0 Å². The number of hydrogen-bond acceptors (Lipinski definition) is 3. The number of nitrogens with two attached hydrogens (primary N) is 1. The predicted molar refractivity (Wildman–Crippen MR) is 113 cm³/mol. The maximum atomic E-state index is 12.9. The summed E-state index contributed by atoms with van der Waals surface area (Å²) in [5.74, 6) is 0.551. The zero-order valence-corrected chi connectivity index (χ0v) is 17.0. The molecule has 0 spiro atoms. The minimum Gasteiger partial charge on any atom is -0.336 e. The normalized spacial score (nSPS) is 19.2. The third-order valence-corrected chi connectivity index (χ3v) is 5.18. The van der Waals surface area contributed by atoms with Gasteiger partial charge in [-0.05, 0) is 56.1 Å². The molecule has 2 unspecified atom stereocenters. The van der Waals surface area contributed by atoms with E-state index in [1.165, 1.54) is 5.56 Å². The second-order valence-corrected chi connectivity index (χ2v) is 7.50. The fourth-order valence-electron chi connectivity index (χ4n) is 3.83. The largest absolute Gasteiger partial charge is 0.336 e. The van der Waals surface area contributed by atoms with Gasteiger partial charge in [-0.3, -0.25) is 9.69 Å². The van der Waals surface area contributed by atoms with Crippen molar-refractivity contribution in [3.63, 3.8) is 0 Å². The van der Waals surface area contributed by atoms with E-state index in [1.54, 1.807) is 0 Å². The second-order valence-electron chi connectivity index (χ2n) is 7.50. The third kappa shape index (κ3) is 5.55. The number of carbonyl (C=O) groups is 1. The molecule has 2 aromatic carbocycles. The molecule has 2 N–H and O–H groups in total. The summed E-state index contributed by atoms with van der Waals surface area (Å²) in [5.41, 5.74) is 9.03. The van der Waals surface area contributed by atoms with Crippen LogP contribution in [0, 0.1) is 5.92 Å². The van der Waals surface area contributed by atoms with Crippen LogP contribution in [0.1, 0.15) is 34.8 Å². The highest BCUT2D eigenvalue weighted by molar-refractivity contribution is 5.94. The van der Waals surface area contributed by atoms with Gasteiger partial charge in [-0.2, -0.15) is 0 Å². The van der Waals surface area contributed by atoms with Crippen LogP contribution >= 0.6 is 12.4 Å². The molecule has 27 heavy (non-hydrogen) atoms. The van der Waals surface area contributed by atoms with Gasteiger partial charge in [0.15, 0.2) is 0 Å². The van der Waals surface area contributed by atoms with Crippen LogP contribution in [-0.4, -0.2) is 41.9 Å². The molecule has 4 nitrogen and oxygen atoms in total. The molecule has 0 bridgehead atoms. The minimum atomic E-state index is 0. The molecule has 1 amide bonds. The van der Waals surface area contributed by atoms with E-state index >= 15 is 0 Å². The van der Waals surface area contributed by atoms with Gasteiger partial charge in [0.25, 0.3) is 5.91 Å². The Balaban J connectivity index is 0.00000261. The van der Waals surface area contributed by atoms with E-state index in [-0.39, 0.29) is 24.4 Å². The van der Waals surface area contributed by atoms with Crippen LogP contribution in [0.15, 0.2) is 54.6 Å². The highest BCUT2D eigenvalue weighted by Gasteiger charge is 2.32. The highest BCUT2D eigenvalue weighted by Crippen LogP contribution is 2.24. The van der Waals surface area contributed by atoms with Crippen molar-refractivity contribution in [1.82, 2.24) is 9.80 Å². The van der Waals surface area contributed by atoms with E-state index in [2.05, 4.69) is 49.2 Å². The van der Waals surface area contributed by atoms with Gasteiger partial charge >= 0.3 is 0 Å². The molecule has 0 radical (unpaired) electrons. The van der Waals surface area contributed by atoms with Crippen molar-refractivity contribution in [2.45, 2.75) is 32.5 Å². The van der Waals surface area contributed by atoms with Crippen LogP contribution in [-0.2, 0) is 13.1 Å². The van der Waals surface area contributed by atoms with Crippen LogP contribution in [0.5, 0.6) is 0 Å². The summed E-state index contributed by atoms with van der Waals surface area (Å²) in [4.78, 5) is 17.2. The Kier molecular flexibility index (Phi) is 7.84. The van der Waals surface area contributed by atoms with Gasteiger partial charge in [0, 0.05) is 31.2 Å². The summed E-state index contributed by atoms with van der Waals surface area (Å²) in [5, 5.41) is 0. The van der Waals surface area contributed by atoms with E-state index < -0.39 is 0 Å². The van der Waals surface area contributed by atoms with Crippen LogP contribution < -0.4 is 5.73 Å². The van der Waals surface area contributed by atoms with E-state index in [1.807, 2.05) is 29.2 Å². The standard InChI is InChI=1S/C22H29N3O.ClH/c1-17-11-20(13-23)16-25(17)22(26)21-10-6-9-19(12-21)15-24(2)14-18-7-4-3-5-8-18;/h3-10,12,17,20H,11,13-16,23H2,1-2H3;1H. The molecule has 1 fully saturated rings. The summed E-state index contributed by atoms with van der Waals surface area (Å²) >= 11 is 0. The molecule has 1 saturated heterocycles.